The molecule has 1 amide bonds. The van der Waals surface area contributed by atoms with Crippen LogP contribution in [0.25, 0.3) is 11.3 Å². The number of nitrogens with one attached hydrogen (secondary N) is 1. The van der Waals surface area contributed by atoms with E-state index < -0.39 is 12.5 Å². The molecule has 0 aliphatic heterocycles. The van der Waals surface area contributed by atoms with Crippen molar-refractivity contribution >= 4 is 22.4 Å². The fourth-order valence-corrected chi connectivity index (χ4v) is 4.87. The first-order chi connectivity index (χ1) is 19.3. The third kappa shape index (κ3) is 6.38. The molecule has 0 saturated carbocycles. The van der Waals surface area contributed by atoms with Gasteiger partial charge in [-0.15, -0.1) is 11.3 Å². The Labute approximate surface area is 234 Å². The third-order valence-corrected chi connectivity index (χ3v) is 7.20. The van der Waals surface area contributed by atoms with Gasteiger partial charge in [0.05, 0.1) is 5.69 Å². The molecule has 0 aliphatic carbocycles. The van der Waals surface area contributed by atoms with E-state index in [9.17, 15) is 13.6 Å². The molecule has 204 valence electrons. The summed E-state index contributed by atoms with van der Waals surface area (Å²) in [4.78, 5) is 17.1. The van der Waals surface area contributed by atoms with Gasteiger partial charge in [-0.25, -0.2) is 4.98 Å². The number of hydrogen-bond donors (Lipinski definition) is 1. The molecule has 1 N–H and O–H groups in total. The fraction of sp³-hybridized carbons (Fsp3) is 0.161. The zero-order valence-corrected chi connectivity index (χ0v) is 22.6. The van der Waals surface area contributed by atoms with Crippen LogP contribution in [0.3, 0.4) is 0 Å². The lowest BCUT2D eigenvalue weighted by molar-refractivity contribution is -0.0498. The number of ether oxygens (including phenoxy) is 2. The smallest absolute Gasteiger partial charge is 0.387 e. The number of furan rings is 1. The maximum atomic E-state index is 12.7. The number of amides is 1. The molecule has 5 rings (SSSR count). The number of benzene rings is 3. The average Bonchev–Trinajstić information content (AvgIpc) is 3.63. The maximum Gasteiger partial charge on any atom is 0.387 e. The first-order valence-electron chi connectivity index (χ1n) is 12.5. The number of hydrogen-bond acceptors (Lipinski definition) is 6. The van der Waals surface area contributed by atoms with Crippen LogP contribution in [0.5, 0.6) is 11.5 Å². The maximum absolute atomic E-state index is 12.7. The van der Waals surface area contributed by atoms with Gasteiger partial charge in [0.25, 0.3) is 5.91 Å². The quantitative estimate of drug-likeness (QED) is 0.187. The van der Waals surface area contributed by atoms with Crippen LogP contribution in [0, 0.1) is 0 Å². The molecule has 0 fully saturated rings. The van der Waals surface area contributed by atoms with Crippen molar-refractivity contribution in [3.05, 3.63) is 119 Å². The van der Waals surface area contributed by atoms with E-state index >= 15 is 0 Å². The molecule has 0 aliphatic rings. The monoisotopic (exact) mass is 560 g/mol. The molecule has 0 atom stereocenters. The second-order valence-corrected chi connectivity index (χ2v) is 10.3. The summed E-state index contributed by atoms with van der Waals surface area (Å²) in [6.45, 7) is 1.66. The minimum Gasteiger partial charge on any atom is -0.486 e. The number of aromatic nitrogens is 1. The topological polar surface area (TPSA) is 73.6 Å². The number of carbonyl (C=O) groups excluding carboxylic acids is 1. The molecule has 3 aromatic carbocycles. The largest absolute Gasteiger partial charge is 0.486 e. The van der Waals surface area contributed by atoms with Crippen molar-refractivity contribution in [1.82, 2.24) is 4.98 Å². The Hall–Kier alpha value is -4.50. The summed E-state index contributed by atoms with van der Waals surface area (Å²) in [6, 6.07) is 27.7. The Bertz CT molecular complexity index is 1560. The van der Waals surface area contributed by atoms with Gasteiger partial charge >= 0.3 is 6.61 Å². The van der Waals surface area contributed by atoms with Gasteiger partial charge in [-0.3, -0.25) is 10.1 Å². The lowest BCUT2D eigenvalue weighted by Gasteiger charge is -2.26. The summed E-state index contributed by atoms with van der Waals surface area (Å²) >= 11 is 1.24. The van der Waals surface area contributed by atoms with Gasteiger partial charge in [0.15, 0.2) is 10.9 Å². The van der Waals surface area contributed by atoms with Gasteiger partial charge < -0.3 is 13.9 Å². The number of nitrogens with zero attached hydrogens (tertiary/aromatic N) is 1. The third-order valence-electron chi connectivity index (χ3n) is 6.44. The first-order valence-corrected chi connectivity index (χ1v) is 13.4. The molecular weight excluding hydrogens is 534 g/mol. The Morgan fingerprint density at radius 1 is 0.925 bits per heavy atom. The minimum atomic E-state index is -2.88. The second kappa shape index (κ2) is 11.7. The molecule has 5 aromatic rings. The van der Waals surface area contributed by atoms with Crippen molar-refractivity contribution < 1.29 is 27.5 Å². The Morgan fingerprint density at radius 2 is 1.60 bits per heavy atom. The SMILES string of the molecule is CC(C)(c1ccccc1)c1ccc(OCc2ccc(C(=O)Nc3nc(-c4ccc(OC(F)F)cc4)cs3)o2)cc1. The number of anilines is 1. The molecule has 0 bridgehead atoms. The first kappa shape index (κ1) is 27.1. The standard InChI is InChI=1S/C31H26F2N2O4S/c1-31(2,21-6-4-3-5-7-21)22-10-14-23(15-11-22)37-18-25-16-17-27(38-25)28(36)35-30-34-26(19-40-30)20-8-12-24(13-9-20)39-29(32)33/h3-17,19,29H,18H2,1-2H3,(H,34,35,36). The summed E-state index contributed by atoms with van der Waals surface area (Å²) in [5.74, 6) is 0.942. The van der Waals surface area contributed by atoms with Gasteiger partial charge in [0, 0.05) is 16.4 Å². The van der Waals surface area contributed by atoms with Gasteiger partial charge in [-0.2, -0.15) is 8.78 Å². The van der Waals surface area contributed by atoms with Crippen molar-refractivity contribution in [1.29, 1.82) is 0 Å². The lowest BCUT2D eigenvalue weighted by Crippen LogP contribution is -2.18. The molecule has 0 radical (unpaired) electrons. The number of rotatable bonds is 10. The summed E-state index contributed by atoms with van der Waals surface area (Å²) in [7, 11) is 0. The second-order valence-electron chi connectivity index (χ2n) is 9.46. The normalized spacial score (nSPS) is 11.4. The molecule has 0 unspecified atom stereocenters. The number of alkyl halides is 2. The van der Waals surface area contributed by atoms with Crippen molar-refractivity contribution in [3.63, 3.8) is 0 Å². The molecule has 0 spiro atoms. The number of halogens is 2. The summed E-state index contributed by atoms with van der Waals surface area (Å²) in [5.41, 5.74) is 3.56. The summed E-state index contributed by atoms with van der Waals surface area (Å²) < 4.78 is 40.6. The van der Waals surface area contributed by atoms with E-state index in [-0.39, 0.29) is 23.5 Å². The van der Waals surface area contributed by atoms with Crippen LogP contribution >= 0.6 is 11.3 Å². The molecule has 6 nitrogen and oxygen atoms in total. The van der Waals surface area contributed by atoms with E-state index in [2.05, 4.69) is 53.2 Å². The predicted molar refractivity (Wildman–Crippen MR) is 150 cm³/mol. The summed E-state index contributed by atoms with van der Waals surface area (Å²) in [5, 5.41) is 4.85. The zero-order valence-electron chi connectivity index (χ0n) is 21.8. The highest BCUT2D eigenvalue weighted by Gasteiger charge is 2.22. The van der Waals surface area contributed by atoms with Crippen LogP contribution in [0.1, 0.15) is 41.3 Å². The van der Waals surface area contributed by atoms with E-state index in [1.54, 1.807) is 29.6 Å². The van der Waals surface area contributed by atoms with Crippen molar-refractivity contribution in [2.75, 3.05) is 5.32 Å². The minimum absolute atomic E-state index is 0.0594. The van der Waals surface area contributed by atoms with Gasteiger partial charge in [-0.05, 0) is 59.7 Å². The Kier molecular flexibility index (Phi) is 7.93. The van der Waals surface area contributed by atoms with E-state index in [0.29, 0.717) is 27.9 Å². The van der Waals surface area contributed by atoms with E-state index in [1.807, 2.05) is 30.3 Å². The van der Waals surface area contributed by atoms with Crippen molar-refractivity contribution in [3.8, 4) is 22.8 Å². The molecule has 2 aromatic heterocycles. The highest BCUT2D eigenvalue weighted by atomic mass is 32.1. The van der Waals surface area contributed by atoms with E-state index in [1.165, 1.54) is 34.6 Å². The Morgan fingerprint density at radius 3 is 2.30 bits per heavy atom. The van der Waals surface area contributed by atoms with Crippen LogP contribution in [0.2, 0.25) is 0 Å². The molecule has 9 heteroatoms. The highest BCUT2D eigenvalue weighted by Crippen LogP contribution is 2.32. The van der Waals surface area contributed by atoms with E-state index in [4.69, 9.17) is 9.15 Å². The number of thiazole rings is 1. The molecule has 40 heavy (non-hydrogen) atoms. The van der Waals surface area contributed by atoms with Crippen LogP contribution in [-0.2, 0) is 12.0 Å². The van der Waals surface area contributed by atoms with Crippen LogP contribution in [0.15, 0.2) is 101 Å². The molecule has 0 saturated heterocycles. The molecule has 2 heterocycles. The van der Waals surface area contributed by atoms with Crippen molar-refractivity contribution in [2.24, 2.45) is 0 Å². The molecular formula is C31H26F2N2O4S. The fourth-order valence-electron chi connectivity index (χ4n) is 4.15. The van der Waals surface area contributed by atoms with E-state index in [0.717, 1.165) is 0 Å². The van der Waals surface area contributed by atoms with Crippen molar-refractivity contribution in [2.45, 2.75) is 32.5 Å². The zero-order chi connectivity index (χ0) is 28.1. The lowest BCUT2D eigenvalue weighted by atomic mass is 9.78. The highest BCUT2D eigenvalue weighted by molar-refractivity contribution is 7.14. The van der Waals surface area contributed by atoms with Gasteiger partial charge in [0.2, 0.25) is 0 Å². The predicted octanol–water partition coefficient (Wildman–Crippen LogP) is 8.16. The Balaban J connectivity index is 1.15. The number of carbonyl (C=O) groups is 1. The van der Waals surface area contributed by atoms with Gasteiger partial charge in [-0.1, -0.05) is 56.3 Å². The van der Waals surface area contributed by atoms with Crippen LogP contribution in [-0.4, -0.2) is 17.5 Å². The van der Waals surface area contributed by atoms with Crippen LogP contribution in [0.4, 0.5) is 13.9 Å². The van der Waals surface area contributed by atoms with Crippen LogP contribution < -0.4 is 14.8 Å². The van der Waals surface area contributed by atoms with Gasteiger partial charge in [0.1, 0.15) is 23.9 Å². The summed E-state index contributed by atoms with van der Waals surface area (Å²) in [6.07, 6.45) is 0. The average molecular weight is 561 g/mol.